The molecule has 0 aromatic rings. The van der Waals surface area contributed by atoms with Crippen molar-refractivity contribution in [1.82, 2.24) is 0 Å². The molecule has 78 valence electrons. The second-order valence-electron chi connectivity index (χ2n) is 4.26. The summed E-state index contributed by atoms with van der Waals surface area (Å²) < 4.78 is 5.53. The third kappa shape index (κ3) is 3.47. The first kappa shape index (κ1) is 11.3. The second-order valence-corrected chi connectivity index (χ2v) is 4.52. The van der Waals surface area contributed by atoms with Gasteiger partial charge in [-0.15, -0.1) is 11.6 Å². The molecule has 0 aromatic carbocycles. The lowest BCUT2D eigenvalue weighted by atomic mass is 10.0. The highest BCUT2D eigenvalue weighted by Crippen LogP contribution is 2.40. The zero-order valence-electron chi connectivity index (χ0n) is 8.81. The van der Waals surface area contributed by atoms with Crippen LogP contribution in [0.3, 0.4) is 0 Å². The lowest BCUT2D eigenvalue weighted by Crippen LogP contribution is -2.11. The average molecular weight is 205 g/mol. The summed E-state index contributed by atoms with van der Waals surface area (Å²) in [6.45, 7) is 4.35. The van der Waals surface area contributed by atoms with Gasteiger partial charge in [0.15, 0.2) is 0 Å². The summed E-state index contributed by atoms with van der Waals surface area (Å²) in [4.78, 5) is 0. The Bertz CT molecular complexity index is 149. The average Bonchev–Trinajstić information content (AvgIpc) is 2.78. The molecule has 2 heteroatoms. The first-order valence-electron chi connectivity index (χ1n) is 5.46. The molecular formula is C11H21ClO. The van der Waals surface area contributed by atoms with Crippen molar-refractivity contribution in [3.8, 4) is 0 Å². The van der Waals surface area contributed by atoms with Crippen LogP contribution in [0.15, 0.2) is 0 Å². The van der Waals surface area contributed by atoms with E-state index in [0.29, 0.717) is 12.0 Å². The normalized spacial score (nSPS) is 32.1. The summed E-state index contributed by atoms with van der Waals surface area (Å²) in [7, 11) is 0. The van der Waals surface area contributed by atoms with Gasteiger partial charge in [-0.3, -0.25) is 0 Å². The molecule has 0 N–H and O–H groups in total. The number of rotatable bonds is 7. The first-order valence-corrected chi connectivity index (χ1v) is 6.00. The van der Waals surface area contributed by atoms with Gasteiger partial charge in [0, 0.05) is 0 Å². The highest BCUT2D eigenvalue weighted by atomic mass is 35.5. The third-order valence-electron chi connectivity index (χ3n) is 2.87. The number of halogens is 1. The Morgan fingerprint density at radius 1 is 1.23 bits per heavy atom. The van der Waals surface area contributed by atoms with E-state index in [9.17, 15) is 0 Å². The SMILES string of the molecule is CCCCCCCC1OC1(C)CCl. The number of ether oxygens (including phenoxy) is 1. The largest absolute Gasteiger partial charge is 0.365 e. The molecule has 13 heavy (non-hydrogen) atoms. The standard InChI is InChI=1S/C11H21ClO/c1-3-4-5-6-7-8-10-11(2,9-12)13-10/h10H,3-9H2,1-2H3. The smallest absolute Gasteiger partial charge is 0.105 e. The fraction of sp³-hybridized carbons (Fsp3) is 1.00. The maximum Gasteiger partial charge on any atom is 0.105 e. The van der Waals surface area contributed by atoms with Crippen LogP contribution in [0.5, 0.6) is 0 Å². The van der Waals surface area contributed by atoms with Crippen LogP contribution >= 0.6 is 11.6 Å². The molecule has 1 heterocycles. The maximum absolute atomic E-state index is 5.77. The van der Waals surface area contributed by atoms with Gasteiger partial charge in [0.25, 0.3) is 0 Å². The fourth-order valence-corrected chi connectivity index (χ4v) is 1.94. The minimum atomic E-state index is 0.0202. The van der Waals surface area contributed by atoms with E-state index in [1.54, 1.807) is 0 Å². The zero-order valence-corrected chi connectivity index (χ0v) is 9.57. The second kappa shape index (κ2) is 5.21. The Hall–Kier alpha value is 0.250. The first-order chi connectivity index (χ1) is 6.23. The van der Waals surface area contributed by atoms with Gasteiger partial charge in [-0.25, -0.2) is 0 Å². The van der Waals surface area contributed by atoms with E-state index in [4.69, 9.17) is 16.3 Å². The molecule has 1 rings (SSSR count). The molecule has 2 unspecified atom stereocenters. The van der Waals surface area contributed by atoms with E-state index in [1.165, 1.54) is 38.5 Å². The molecule has 0 saturated carbocycles. The Labute approximate surface area is 86.8 Å². The Balaban J connectivity index is 1.91. The van der Waals surface area contributed by atoms with Gasteiger partial charge < -0.3 is 4.74 Å². The van der Waals surface area contributed by atoms with Crippen LogP contribution in [0, 0.1) is 0 Å². The van der Waals surface area contributed by atoms with Gasteiger partial charge in [0.2, 0.25) is 0 Å². The van der Waals surface area contributed by atoms with E-state index >= 15 is 0 Å². The quantitative estimate of drug-likeness (QED) is 0.350. The topological polar surface area (TPSA) is 12.5 Å². The van der Waals surface area contributed by atoms with Crippen molar-refractivity contribution in [2.75, 3.05) is 5.88 Å². The van der Waals surface area contributed by atoms with E-state index in [1.807, 2.05) is 0 Å². The van der Waals surface area contributed by atoms with E-state index in [-0.39, 0.29) is 5.60 Å². The molecule has 1 nitrogen and oxygen atoms in total. The molecule has 0 bridgehead atoms. The molecule has 2 atom stereocenters. The Morgan fingerprint density at radius 3 is 2.46 bits per heavy atom. The minimum Gasteiger partial charge on any atom is -0.365 e. The third-order valence-corrected chi connectivity index (χ3v) is 3.40. The number of unbranched alkanes of at least 4 members (excludes halogenated alkanes) is 4. The molecule has 0 spiro atoms. The van der Waals surface area contributed by atoms with Gasteiger partial charge in [0.05, 0.1) is 12.0 Å². The summed E-state index contributed by atoms with van der Waals surface area (Å²) in [5, 5.41) is 0. The minimum absolute atomic E-state index is 0.0202. The van der Waals surface area contributed by atoms with Gasteiger partial charge in [0.1, 0.15) is 5.60 Å². The van der Waals surface area contributed by atoms with Crippen molar-refractivity contribution in [2.45, 2.75) is 64.1 Å². The van der Waals surface area contributed by atoms with E-state index in [0.717, 1.165) is 0 Å². The Kier molecular flexibility index (Phi) is 4.54. The van der Waals surface area contributed by atoms with Crippen molar-refractivity contribution in [1.29, 1.82) is 0 Å². The maximum atomic E-state index is 5.77. The summed E-state index contributed by atoms with van der Waals surface area (Å²) in [6.07, 6.45) is 8.38. The monoisotopic (exact) mass is 204 g/mol. The lowest BCUT2D eigenvalue weighted by Gasteiger charge is -2.00. The molecule has 0 amide bonds. The van der Waals surface area contributed by atoms with Crippen LogP contribution in [0.4, 0.5) is 0 Å². The number of hydrogen-bond donors (Lipinski definition) is 0. The van der Waals surface area contributed by atoms with Gasteiger partial charge in [-0.2, -0.15) is 0 Å². The summed E-state index contributed by atoms with van der Waals surface area (Å²) >= 11 is 5.77. The zero-order chi connectivity index (χ0) is 9.73. The van der Waals surface area contributed by atoms with Crippen molar-refractivity contribution in [3.05, 3.63) is 0 Å². The van der Waals surface area contributed by atoms with Crippen LogP contribution in [0.1, 0.15) is 52.4 Å². The summed E-state index contributed by atoms with van der Waals surface area (Å²) in [5.74, 6) is 0.645. The molecule has 1 fully saturated rings. The van der Waals surface area contributed by atoms with Crippen LogP contribution in [0.25, 0.3) is 0 Å². The van der Waals surface area contributed by atoms with Crippen molar-refractivity contribution < 1.29 is 4.74 Å². The van der Waals surface area contributed by atoms with E-state index in [2.05, 4.69) is 13.8 Å². The van der Waals surface area contributed by atoms with Gasteiger partial charge in [-0.05, 0) is 13.3 Å². The lowest BCUT2D eigenvalue weighted by molar-refractivity contribution is 0.320. The molecular weight excluding hydrogens is 184 g/mol. The van der Waals surface area contributed by atoms with Crippen molar-refractivity contribution in [2.24, 2.45) is 0 Å². The fourth-order valence-electron chi connectivity index (χ4n) is 1.71. The molecule has 1 aliphatic rings. The van der Waals surface area contributed by atoms with Crippen LogP contribution in [0.2, 0.25) is 0 Å². The van der Waals surface area contributed by atoms with Crippen LogP contribution < -0.4 is 0 Å². The predicted octanol–water partition coefficient (Wildman–Crippen LogP) is 3.74. The van der Waals surface area contributed by atoms with E-state index < -0.39 is 0 Å². The molecule has 0 radical (unpaired) electrons. The van der Waals surface area contributed by atoms with Gasteiger partial charge in [-0.1, -0.05) is 39.0 Å². The predicted molar refractivity (Wildman–Crippen MR) is 57.4 cm³/mol. The van der Waals surface area contributed by atoms with Gasteiger partial charge >= 0.3 is 0 Å². The van der Waals surface area contributed by atoms with Crippen molar-refractivity contribution in [3.63, 3.8) is 0 Å². The molecule has 1 aliphatic heterocycles. The Morgan fingerprint density at radius 2 is 1.92 bits per heavy atom. The molecule has 0 aliphatic carbocycles. The summed E-state index contributed by atoms with van der Waals surface area (Å²) in [5.41, 5.74) is 0.0202. The highest BCUT2D eigenvalue weighted by molar-refractivity contribution is 6.18. The number of epoxide rings is 1. The van der Waals surface area contributed by atoms with Crippen molar-refractivity contribution >= 4 is 11.6 Å². The molecule has 1 saturated heterocycles. The molecule has 0 aromatic heterocycles. The number of hydrogen-bond acceptors (Lipinski definition) is 1. The summed E-state index contributed by atoms with van der Waals surface area (Å²) in [6, 6.07) is 0. The number of alkyl halides is 1. The van der Waals surface area contributed by atoms with Crippen LogP contribution in [-0.2, 0) is 4.74 Å². The van der Waals surface area contributed by atoms with Crippen LogP contribution in [-0.4, -0.2) is 17.6 Å². The highest BCUT2D eigenvalue weighted by Gasteiger charge is 2.50.